The number of benzene rings is 2. The summed E-state index contributed by atoms with van der Waals surface area (Å²) in [5, 5.41) is 3.20. The van der Waals surface area contributed by atoms with Crippen molar-refractivity contribution in [1.29, 1.82) is 0 Å². The third-order valence-corrected chi connectivity index (χ3v) is 4.37. The van der Waals surface area contributed by atoms with Crippen molar-refractivity contribution in [2.24, 2.45) is 0 Å². The van der Waals surface area contributed by atoms with Crippen LogP contribution in [0.4, 0.5) is 11.4 Å². The second-order valence-corrected chi connectivity index (χ2v) is 6.21. The molecular weight excluding hydrogens is 396 g/mol. The molecular formula is C20H23ClN4O4. The summed E-state index contributed by atoms with van der Waals surface area (Å²) in [6.45, 7) is 0.369. The topological polar surface area (TPSA) is 108 Å². The number of rotatable bonds is 7. The van der Waals surface area contributed by atoms with Gasteiger partial charge in [-0.2, -0.15) is 0 Å². The number of fused-ring (bicyclic) bond motifs is 1. The van der Waals surface area contributed by atoms with Gasteiger partial charge in [-0.15, -0.1) is 12.4 Å². The lowest BCUT2D eigenvalue weighted by atomic mass is 10.2. The minimum atomic E-state index is -0.196. The van der Waals surface area contributed by atoms with Gasteiger partial charge >= 0.3 is 0 Å². The molecule has 1 amide bonds. The lowest BCUT2D eigenvalue weighted by Crippen LogP contribution is -2.22. The molecule has 29 heavy (non-hydrogen) atoms. The zero-order valence-electron chi connectivity index (χ0n) is 16.2. The van der Waals surface area contributed by atoms with E-state index >= 15 is 0 Å². The number of methoxy groups -OCH3 is 2. The standard InChI is InChI=1S/C20H22N4O4.ClH/c1-27-17-10-13-16(11-18(17)28-2)22-12-24(20(13)26)9-5-8-19(25)23-15-7-4-3-6-14(15)21;/h3-4,6-7,10-12H,5,8-9,21H2,1-2H3,(H,23,25);1H. The van der Waals surface area contributed by atoms with Gasteiger partial charge in [-0.1, -0.05) is 12.1 Å². The van der Waals surface area contributed by atoms with Gasteiger partial charge in [0.1, 0.15) is 0 Å². The average molecular weight is 419 g/mol. The highest BCUT2D eigenvalue weighted by molar-refractivity contribution is 5.93. The van der Waals surface area contributed by atoms with Gasteiger partial charge in [0.2, 0.25) is 5.91 Å². The van der Waals surface area contributed by atoms with Gasteiger partial charge in [0, 0.05) is 19.0 Å². The quantitative estimate of drug-likeness (QED) is 0.571. The summed E-state index contributed by atoms with van der Waals surface area (Å²) >= 11 is 0. The number of carbonyl (C=O) groups is 1. The van der Waals surface area contributed by atoms with Gasteiger partial charge in [-0.05, 0) is 24.6 Å². The smallest absolute Gasteiger partial charge is 0.261 e. The van der Waals surface area contributed by atoms with Crippen LogP contribution in [0.2, 0.25) is 0 Å². The van der Waals surface area contributed by atoms with Crippen molar-refractivity contribution < 1.29 is 14.3 Å². The Bertz CT molecular complexity index is 1070. The van der Waals surface area contributed by atoms with Gasteiger partial charge in [0.05, 0.1) is 42.8 Å². The maximum absolute atomic E-state index is 12.7. The van der Waals surface area contributed by atoms with Crippen LogP contribution in [0.3, 0.4) is 0 Å². The number of nitrogens with one attached hydrogen (secondary N) is 1. The summed E-state index contributed by atoms with van der Waals surface area (Å²) in [6.07, 6.45) is 2.22. The Morgan fingerprint density at radius 3 is 2.55 bits per heavy atom. The van der Waals surface area contributed by atoms with Crippen molar-refractivity contribution in [1.82, 2.24) is 9.55 Å². The molecule has 0 aliphatic heterocycles. The molecule has 3 aromatic rings. The molecule has 3 N–H and O–H groups in total. The first kappa shape index (κ1) is 22.0. The largest absolute Gasteiger partial charge is 0.493 e. The molecule has 0 unspecified atom stereocenters. The normalized spacial score (nSPS) is 10.3. The molecule has 0 spiro atoms. The zero-order valence-corrected chi connectivity index (χ0v) is 17.0. The monoisotopic (exact) mass is 418 g/mol. The molecule has 2 aromatic carbocycles. The van der Waals surface area contributed by atoms with Crippen LogP contribution in [0.25, 0.3) is 10.9 Å². The van der Waals surface area contributed by atoms with Crippen molar-refractivity contribution in [3.8, 4) is 11.5 Å². The molecule has 0 bridgehead atoms. The van der Waals surface area contributed by atoms with E-state index in [1.54, 1.807) is 36.4 Å². The van der Waals surface area contributed by atoms with Crippen molar-refractivity contribution in [2.45, 2.75) is 19.4 Å². The number of carbonyl (C=O) groups excluding carboxylic acids is 1. The summed E-state index contributed by atoms with van der Waals surface area (Å²) in [4.78, 5) is 29.1. The number of hydrogen-bond acceptors (Lipinski definition) is 6. The van der Waals surface area contributed by atoms with Crippen LogP contribution in [-0.2, 0) is 11.3 Å². The SMILES string of the molecule is COc1cc2ncn(CCCC(=O)Nc3ccccc3N)c(=O)c2cc1OC.Cl. The summed E-state index contributed by atoms with van der Waals surface area (Å²) in [6, 6.07) is 10.3. The summed E-state index contributed by atoms with van der Waals surface area (Å²) in [7, 11) is 3.04. The van der Waals surface area contributed by atoms with E-state index in [9.17, 15) is 9.59 Å². The Hall–Kier alpha value is -3.26. The highest BCUT2D eigenvalue weighted by Crippen LogP contribution is 2.29. The fourth-order valence-electron chi connectivity index (χ4n) is 2.88. The number of aromatic nitrogens is 2. The third kappa shape index (κ3) is 4.97. The van der Waals surface area contributed by atoms with Crippen molar-refractivity contribution >= 4 is 40.6 Å². The molecule has 1 heterocycles. The number of hydrogen-bond donors (Lipinski definition) is 2. The first-order chi connectivity index (χ1) is 13.5. The average Bonchev–Trinajstić information content (AvgIpc) is 2.70. The van der Waals surface area contributed by atoms with E-state index in [-0.39, 0.29) is 30.3 Å². The number of para-hydroxylation sites is 2. The molecule has 0 radical (unpaired) electrons. The van der Waals surface area contributed by atoms with Gasteiger partial charge in [0.25, 0.3) is 5.56 Å². The number of anilines is 2. The van der Waals surface area contributed by atoms with E-state index in [1.165, 1.54) is 25.1 Å². The maximum Gasteiger partial charge on any atom is 0.261 e. The fourth-order valence-corrected chi connectivity index (χ4v) is 2.88. The Balaban J connectivity index is 0.00000300. The van der Waals surface area contributed by atoms with E-state index in [1.807, 2.05) is 0 Å². The second kappa shape index (κ2) is 9.79. The molecule has 154 valence electrons. The molecule has 0 aliphatic rings. The molecule has 1 aromatic heterocycles. The predicted octanol–water partition coefficient (Wildman–Crippen LogP) is 2.84. The number of halogens is 1. The lowest BCUT2D eigenvalue weighted by molar-refractivity contribution is -0.116. The van der Waals surface area contributed by atoms with E-state index in [0.29, 0.717) is 46.7 Å². The number of amides is 1. The molecule has 0 atom stereocenters. The van der Waals surface area contributed by atoms with Crippen LogP contribution in [0.1, 0.15) is 12.8 Å². The van der Waals surface area contributed by atoms with E-state index < -0.39 is 0 Å². The third-order valence-electron chi connectivity index (χ3n) is 4.37. The Kier molecular flexibility index (Phi) is 7.44. The zero-order chi connectivity index (χ0) is 20.1. The molecule has 0 saturated carbocycles. The minimum Gasteiger partial charge on any atom is -0.493 e. The molecule has 0 saturated heterocycles. The van der Waals surface area contributed by atoms with Gasteiger partial charge in [-0.3, -0.25) is 14.2 Å². The van der Waals surface area contributed by atoms with Crippen LogP contribution >= 0.6 is 12.4 Å². The van der Waals surface area contributed by atoms with Gasteiger partial charge < -0.3 is 20.5 Å². The van der Waals surface area contributed by atoms with Crippen molar-refractivity contribution in [2.75, 3.05) is 25.3 Å². The first-order valence-corrected chi connectivity index (χ1v) is 8.79. The second-order valence-electron chi connectivity index (χ2n) is 6.21. The van der Waals surface area contributed by atoms with E-state index in [4.69, 9.17) is 15.2 Å². The number of aryl methyl sites for hydroxylation is 1. The molecule has 0 aliphatic carbocycles. The predicted molar refractivity (Wildman–Crippen MR) is 115 cm³/mol. The maximum atomic E-state index is 12.7. The number of ether oxygens (including phenoxy) is 2. The van der Waals surface area contributed by atoms with Crippen LogP contribution < -0.4 is 26.1 Å². The molecule has 8 nitrogen and oxygen atoms in total. The first-order valence-electron chi connectivity index (χ1n) is 8.79. The molecule has 9 heteroatoms. The summed E-state index contributed by atoms with van der Waals surface area (Å²) in [5.41, 5.74) is 7.24. The van der Waals surface area contributed by atoms with Crippen LogP contribution in [0, 0.1) is 0 Å². The number of nitrogens with zero attached hydrogens (tertiary/aromatic N) is 2. The molecule has 3 rings (SSSR count). The van der Waals surface area contributed by atoms with Crippen molar-refractivity contribution in [3.63, 3.8) is 0 Å². The van der Waals surface area contributed by atoms with Gasteiger partial charge in [-0.25, -0.2) is 4.98 Å². The van der Waals surface area contributed by atoms with Crippen LogP contribution in [0.5, 0.6) is 11.5 Å². The fraction of sp³-hybridized carbons (Fsp3) is 0.250. The lowest BCUT2D eigenvalue weighted by Gasteiger charge is -2.11. The van der Waals surface area contributed by atoms with E-state index in [0.717, 1.165) is 0 Å². The highest BCUT2D eigenvalue weighted by atomic mass is 35.5. The Labute approximate surface area is 174 Å². The van der Waals surface area contributed by atoms with Crippen LogP contribution in [0.15, 0.2) is 47.5 Å². The molecule has 0 fully saturated rings. The van der Waals surface area contributed by atoms with Gasteiger partial charge in [0.15, 0.2) is 11.5 Å². The summed E-state index contributed by atoms with van der Waals surface area (Å²) < 4.78 is 12.0. The van der Waals surface area contributed by atoms with Crippen molar-refractivity contribution in [3.05, 3.63) is 53.1 Å². The number of nitrogen functional groups attached to an aromatic ring is 1. The van der Waals surface area contributed by atoms with E-state index in [2.05, 4.69) is 10.3 Å². The highest BCUT2D eigenvalue weighted by Gasteiger charge is 2.11. The minimum absolute atomic E-state index is 0. The number of nitrogens with two attached hydrogens (primary N) is 1. The van der Waals surface area contributed by atoms with Crippen LogP contribution in [-0.4, -0.2) is 29.7 Å². The Morgan fingerprint density at radius 2 is 1.86 bits per heavy atom. The summed E-state index contributed by atoms with van der Waals surface area (Å²) in [5.74, 6) is 0.814. The Morgan fingerprint density at radius 1 is 1.17 bits per heavy atom.